The molecule has 152 valence electrons. The van der Waals surface area contributed by atoms with Crippen molar-refractivity contribution < 1.29 is 9.59 Å². The molecule has 5 nitrogen and oxygen atoms in total. The van der Waals surface area contributed by atoms with E-state index in [1.165, 1.54) is 22.3 Å². The molecule has 4 rings (SSSR count). The van der Waals surface area contributed by atoms with Crippen LogP contribution in [0.25, 0.3) is 0 Å². The molecule has 1 aromatic rings. The lowest BCUT2D eigenvalue weighted by Gasteiger charge is -2.36. The fourth-order valence-electron chi connectivity index (χ4n) is 4.56. The quantitative estimate of drug-likeness (QED) is 0.642. The number of carbonyl (C=O) groups excluding carboxylic acids is 2. The third-order valence-corrected chi connectivity index (χ3v) is 7.80. The Hall–Kier alpha value is -1.24. The number of halogens is 1. The molecule has 0 N–H and O–H groups in total. The molecule has 0 aromatic heterocycles. The minimum atomic E-state index is -0.409. The fourth-order valence-corrected chi connectivity index (χ4v) is 6.05. The van der Waals surface area contributed by atoms with Gasteiger partial charge >= 0.3 is 0 Å². The van der Waals surface area contributed by atoms with Crippen LogP contribution < -0.4 is 4.90 Å². The molecule has 2 heterocycles. The van der Waals surface area contributed by atoms with Crippen LogP contribution >= 0.6 is 23.4 Å². The molecule has 1 saturated carbocycles. The molecular formula is C21H28ClN3O2S. The monoisotopic (exact) mass is 421 g/mol. The number of carbonyl (C=O) groups is 2. The molecule has 1 aromatic carbocycles. The van der Waals surface area contributed by atoms with Crippen LogP contribution in [-0.2, 0) is 4.79 Å². The van der Waals surface area contributed by atoms with Gasteiger partial charge < -0.3 is 4.90 Å². The Balaban J connectivity index is 1.18. The van der Waals surface area contributed by atoms with Gasteiger partial charge in [0.2, 0.25) is 5.91 Å². The largest absolute Gasteiger partial charge is 0.369 e. The Morgan fingerprint density at radius 1 is 1.00 bits per heavy atom. The Labute approximate surface area is 176 Å². The molecule has 2 amide bonds. The first-order valence-electron chi connectivity index (χ1n) is 10.4. The Kier molecular flexibility index (Phi) is 6.18. The van der Waals surface area contributed by atoms with E-state index in [-0.39, 0.29) is 11.1 Å². The van der Waals surface area contributed by atoms with Crippen LogP contribution in [-0.4, -0.2) is 65.0 Å². The maximum Gasteiger partial charge on any atom is 0.289 e. The second kappa shape index (κ2) is 8.64. The summed E-state index contributed by atoms with van der Waals surface area (Å²) in [6, 6.07) is 8.04. The van der Waals surface area contributed by atoms with E-state index >= 15 is 0 Å². The van der Waals surface area contributed by atoms with Gasteiger partial charge in [0.25, 0.3) is 5.24 Å². The van der Waals surface area contributed by atoms with Crippen LogP contribution in [0, 0.1) is 0 Å². The van der Waals surface area contributed by atoms with E-state index in [9.17, 15) is 9.59 Å². The van der Waals surface area contributed by atoms with E-state index in [0.29, 0.717) is 6.54 Å². The lowest BCUT2D eigenvalue weighted by Crippen LogP contribution is -2.46. The van der Waals surface area contributed by atoms with E-state index < -0.39 is 4.75 Å². The van der Waals surface area contributed by atoms with Gasteiger partial charge in [-0.2, -0.15) is 0 Å². The van der Waals surface area contributed by atoms with Gasteiger partial charge in [-0.05, 0) is 62.2 Å². The van der Waals surface area contributed by atoms with Gasteiger partial charge in [0.1, 0.15) is 4.75 Å². The number of rotatable bonds is 6. The number of unbranched alkanes of at least 4 members (excludes halogenated alkanes) is 1. The molecule has 1 aliphatic carbocycles. The molecule has 1 spiro atoms. The SMILES string of the molecule is O=C1SC2(CCCC2)C(=O)N1CCCCN1CCN(c2cccc(Cl)c2)CC1. The molecule has 2 saturated heterocycles. The van der Waals surface area contributed by atoms with Crippen molar-refractivity contribution in [1.82, 2.24) is 9.80 Å². The minimum absolute atomic E-state index is 0.0259. The summed E-state index contributed by atoms with van der Waals surface area (Å²) in [6.45, 7) is 5.68. The number of benzene rings is 1. The molecule has 7 heteroatoms. The van der Waals surface area contributed by atoms with E-state index in [2.05, 4.69) is 15.9 Å². The van der Waals surface area contributed by atoms with Crippen molar-refractivity contribution in [2.75, 3.05) is 44.2 Å². The highest BCUT2D eigenvalue weighted by Gasteiger charge is 2.53. The lowest BCUT2D eigenvalue weighted by atomic mass is 10.1. The predicted molar refractivity (Wildman–Crippen MR) is 115 cm³/mol. The topological polar surface area (TPSA) is 43.9 Å². The summed E-state index contributed by atoms with van der Waals surface area (Å²) in [6.07, 6.45) is 5.79. The van der Waals surface area contributed by atoms with Gasteiger partial charge in [0, 0.05) is 43.4 Å². The first kappa shape index (κ1) is 20.0. The van der Waals surface area contributed by atoms with Crippen LogP contribution in [0.2, 0.25) is 5.02 Å². The smallest absolute Gasteiger partial charge is 0.289 e. The molecule has 0 atom stereocenters. The Morgan fingerprint density at radius 3 is 2.43 bits per heavy atom. The number of piperazine rings is 1. The summed E-state index contributed by atoms with van der Waals surface area (Å²) in [4.78, 5) is 31.3. The second-order valence-electron chi connectivity index (χ2n) is 8.04. The van der Waals surface area contributed by atoms with Gasteiger partial charge in [-0.15, -0.1) is 0 Å². The highest BCUT2D eigenvalue weighted by atomic mass is 35.5. The van der Waals surface area contributed by atoms with Crippen LogP contribution in [0.1, 0.15) is 38.5 Å². The van der Waals surface area contributed by atoms with Crippen LogP contribution in [0.5, 0.6) is 0 Å². The first-order chi connectivity index (χ1) is 13.6. The van der Waals surface area contributed by atoms with Gasteiger partial charge in [0.15, 0.2) is 0 Å². The number of thioether (sulfide) groups is 1. The average molecular weight is 422 g/mol. The molecule has 0 bridgehead atoms. The summed E-state index contributed by atoms with van der Waals surface area (Å²) in [5.41, 5.74) is 1.19. The predicted octanol–water partition coefficient (Wildman–Crippen LogP) is 4.25. The van der Waals surface area contributed by atoms with E-state index in [1.807, 2.05) is 18.2 Å². The zero-order chi connectivity index (χ0) is 19.6. The standard InChI is InChI=1S/C21H28ClN3O2S/c22-17-6-5-7-18(16-17)24-14-12-23(13-15-24)10-3-4-11-25-19(26)21(28-20(25)27)8-1-2-9-21/h5-7,16H,1-4,8-15H2. The van der Waals surface area contributed by atoms with Crippen molar-refractivity contribution in [2.24, 2.45) is 0 Å². The van der Waals surface area contributed by atoms with Crippen molar-refractivity contribution in [3.8, 4) is 0 Å². The molecule has 2 aliphatic heterocycles. The number of nitrogens with zero attached hydrogens (tertiary/aromatic N) is 3. The van der Waals surface area contributed by atoms with Crippen molar-refractivity contribution in [3.63, 3.8) is 0 Å². The maximum atomic E-state index is 12.7. The minimum Gasteiger partial charge on any atom is -0.369 e. The lowest BCUT2D eigenvalue weighted by molar-refractivity contribution is -0.129. The average Bonchev–Trinajstić information content (AvgIpc) is 3.25. The molecule has 0 unspecified atom stereocenters. The molecule has 28 heavy (non-hydrogen) atoms. The summed E-state index contributed by atoms with van der Waals surface area (Å²) in [5, 5.41) is 0.755. The highest BCUT2D eigenvalue weighted by Crippen LogP contribution is 2.48. The number of imide groups is 1. The van der Waals surface area contributed by atoms with Crippen molar-refractivity contribution >= 4 is 40.2 Å². The first-order valence-corrected chi connectivity index (χ1v) is 11.5. The molecular weight excluding hydrogens is 394 g/mol. The second-order valence-corrected chi connectivity index (χ2v) is 9.81. The summed E-state index contributed by atoms with van der Waals surface area (Å²) in [7, 11) is 0. The van der Waals surface area contributed by atoms with Crippen LogP contribution in [0.4, 0.5) is 10.5 Å². The number of hydrogen-bond acceptors (Lipinski definition) is 5. The Bertz CT molecular complexity index is 730. The van der Waals surface area contributed by atoms with Gasteiger partial charge in [-0.1, -0.05) is 30.5 Å². The van der Waals surface area contributed by atoms with Crippen LogP contribution in [0.3, 0.4) is 0 Å². The maximum absolute atomic E-state index is 12.7. The summed E-state index contributed by atoms with van der Waals surface area (Å²) < 4.78 is -0.409. The molecule has 3 fully saturated rings. The van der Waals surface area contributed by atoms with E-state index in [0.717, 1.165) is 76.3 Å². The van der Waals surface area contributed by atoms with Gasteiger partial charge in [-0.25, -0.2) is 0 Å². The third kappa shape index (κ3) is 4.19. The summed E-state index contributed by atoms with van der Waals surface area (Å²) in [5.74, 6) is 0.0788. The van der Waals surface area contributed by atoms with E-state index in [4.69, 9.17) is 11.6 Å². The summed E-state index contributed by atoms with van der Waals surface area (Å²) >= 11 is 7.39. The molecule has 3 aliphatic rings. The van der Waals surface area contributed by atoms with Gasteiger partial charge in [-0.3, -0.25) is 19.4 Å². The van der Waals surface area contributed by atoms with Crippen LogP contribution in [0.15, 0.2) is 24.3 Å². The van der Waals surface area contributed by atoms with Crippen molar-refractivity contribution in [1.29, 1.82) is 0 Å². The Morgan fingerprint density at radius 2 is 1.71 bits per heavy atom. The highest BCUT2D eigenvalue weighted by molar-refractivity contribution is 8.16. The zero-order valence-electron chi connectivity index (χ0n) is 16.2. The number of hydrogen-bond donors (Lipinski definition) is 0. The fraction of sp³-hybridized carbons (Fsp3) is 0.619. The number of amides is 2. The van der Waals surface area contributed by atoms with Gasteiger partial charge in [0.05, 0.1) is 0 Å². The number of anilines is 1. The van der Waals surface area contributed by atoms with Crippen molar-refractivity contribution in [2.45, 2.75) is 43.3 Å². The van der Waals surface area contributed by atoms with Crippen molar-refractivity contribution in [3.05, 3.63) is 29.3 Å². The zero-order valence-corrected chi connectivity index (χ0v) is 17.8. The normalized spacial score (nSPS) is 22.6. The molecule has 0 radical (unpaired) electrons. The third-order valence-electron chi connectivity index (χ3n) is 6.20. The van der Waals surface area contributed by atoms with E-state index in [1.54, 1.807) is 0 Å².